The highest BCUT2D eigenvalue weighted by molar-refractivity contribution is 9.10. The second-order valence-electron chi connectivity index (χ2n) is 8.46. The van der Waals surface area contributed by atoms with Crippen LogP contribution in [0.2, 0.25) is 5.02 Å². The molecule has 1 aromatic heterocycles. The first-order valence-electron chi connectivity index (χ1n) is 12.2. The Morgan fingerprint density at radius 2 is 1.95 bits per heavy atom. The zero-order valence-corrected chi connectivity index (χ0v) is 24.6. The minimum absolute atomic E-state index is 0.0686. The second-order valence-corrected chi connectivity index (χ2v) is 10.6. The van der Waals surface area contributed by atoms with Gasteiger partial charge in [0.15, 0.2) is 16.6 Å². The van der Waals surface area contributed by atoms with E-state index >= 15 is 0 Å². The topological polar surface area (TPSA) is 84.8 Å². The molecule has 0 aliphatic heterocycles. The Balaban J connectivity index is 1.34. The van der Waals surface area contributed by atoms with Crippen molar-refractivity contribution in [3.63, 3.8) is 0 Å². The van der Waals surface area contributed by atoms with Crippen LogP contribution < -0.4 is 20.2 Å². The summed E-state index contributed by atoms with van der Waals surface area (Å²) in [5.74, 6) is 0.581. The molecule has 214 valence electrons. The van der Waals surface area contributed by atoms with Crippen molar-refractivity contribution in [3.05, 3.63) is 97.9 Å². The number of hydrazone groups is 1. The molecule has 0 aliphatic rings. The van der Waals surface area contributed by atoms with Gasteiger partial charge in [-0.3, -0.25) is 4.79 Å². The summed E-state index contributed by atoms with van der Waals surface area (Å²) in [7, 11) is 0. The maximum absolute atomic E-state index is 12.9. The van der Waals surface area contributed by atoms with Gasteiger partial charge in [0.05, 0.1) is 35.0 Å². The average molecular weight is 668 g/mol. The van der Waals surface area contributed by atoms with Gasteiger partial charge in [0.2, 0.25) is 5.91 Å². The normalized spacial score (nSPS) is 11.5. The third-order valence-electron chi connectivity index (χ3n) is 5.40. The Morgan fingerprint density at radius 3 is 2.71 bits per heavy atom. The quantitative estimate of drug-likeness (QED) is 0.125. The molecule has 0 atom stereocenters. The number of ether oxygens (including phenoxy) is 2. The number of halogens is 5. The van der Waals surface area contributed by atoms with Crippen LogP contribution in [0.25, 0.3) is 0 Å². The highest BCUT2D eigenvalue weighted by Crippen LogP contribution is 2.37. The van der Waals surface area contributed by atoms with E-state index in [0.29, 0.717) is 44.0 Å². The van der Waals surface area contributed by atoms with Crippen molar-refractivity contribution in [1.82, 2.24) is 10.4 Å². The van der Waals surface area contributed by atoms with Gasteiger partial charge in [-0.1, -0.05) is 35.9 Å². The molecule has 41 heavy (non-hydrogen) atoms. The van der Waals surface area contributed by atoms with Crippen LogP contribution in [-0.4, -0.2) is 23.7 Å². The maximum atomic E-state index is 12.9. The van der Waals surface area contributed by atoms with Crippen LogP contribution >= 0.6 is 38.9 Å². The van der Waals surface area contributed by atoms with E-state index in [1.165, 1.54) is 29.7 Å². The number of alkyl halides is 3. The van der Waals surface area contributed by atoms with Crippen molar-refractivity contribution >= 4 is 61.8 Å². The molecule has 1 heterocycles. The van der Waals surface area contributed by atoms with Gasteiger partial charge in [-0.25, -0.2) is 10.4 Å². The number of nitrogens with zero attached hydrogens (tertiary/aromatic N) is 2. The third-order valence-corrected chi connectivity index (χ3v) is 7.16. The van der Waals surface area contributed by atoms with Gasteiger partial charge in [-0.15, -0.1) is 11.3 Å². The molecule has 1 amide bonds. The molecule has 4 rings (SSSR count). The van der Waals surface area contributed by atoms with Crippen LogP contribution in [0.1, 0.15) is 29.3 Å². The molecule has 2 N–H and O–H groups in total. The van der Waals surface area contributed by atoms with E-state index in [2.05, 4.69) is 36.8 Å². The molecule has 13 heteroatoms. The number of nitrogens with one attached hydrogen (secondary N) is 2. The molecule has 7 nitrogen and oxygen atoms in total. The summed E-state index contributed by atoms with van der Waals surface area (Å²) < 4.78 is 51.2. The Labute approximate surface area is 251 Å². The molecule has 0 unspecified atom stereocenters. The van der Waals surface area contributed by atoms with Crippen LogP contribution in [-0.2, 0) is 24.0 Å². The number of carbonyl (C=O) groups is 1. The summed E-state index contributed by atoms with van der Waals surface area (Å²) in [5, 5.41) is 9.46. The van der Waals surface area contributed by atoms with Crippen molar-refractivity contribution < 1.29 is 27.4 Å². The molecule has 0 bridgehead atoms. The highest BCUT2D eigenvalue weighted by Gasteiger charge is 2.30. The summed E-state index contributed by atoms with van der Waals surface area (Å²) in [4.78, 5) is 16.7. The van der Waals surface area contributed by atoms with Crippen molar-refractivity contribution in [2.75, 3.05) is 11.9 Å². The maximum Gasteiger partial charge on any atom is 0.416 e. The predicted molar refractivity (Wildman–Crippen MR) is 157 cm³/mol. The molecular formula is C28H23BrClF3N4O3S. The standard InChI is InChI=1S/C28H23BrClF3N4O3S/c1-2-39-24-11-17(10-22(29)26(24)40-15-18-6-3-4-9-23(18)30)14-34-37-25(38)13-21-16-41-27(36-21)35-20-8-5-7-19(12-20)28(31,32)33/h3-12,14,16H,2,13,15H2,1H3,(H,35,36)(H,37,38)/b34-14-. The number of hydrogen-bond acceptors (Lipinski definition) is 7. The number of rotatable bonds is 11. The number of hydrogen-bond donors (Lipinski definition) is 2. The van der Waals surface area contributed by atoms with E-state index in [-0.39, 0.29) is 18.7 Å². The van der Waals surface area contributed by atoms with E-state index < -0.39 is 17.6 Å². The van der Waals surface area contributed by atoms with Crippen molar-refractivity contribution in [3.8, 4) is 11.5 Å². The largest absolute Gasteiger partial charge is 0.490 e. The zero-order valence-electron chi connectivity index (χ0n) is 21.5. The number of carbonyl (C=O) groups excluding carboxylic acids is 1. The van der Waals surface area contributed by atoms with Crippen LogP contribution in [0, 0.1) is 0 Å². The van der Waals surface area contributed by atoms with Crippen LogP contribution in [0.3, 0.4) is 0 Å². The first kappa shape index (κ1) is 30.4. The second kappa shape index (κ2) is 13.8. The average Bonchev–Trinajstić information content (AvgIpc) is 3.35. The van der Waals surface area contributed by atoms with Crippen molar-refractivity contribution in [2.24, 2.45) is 5.10 Å². The summed E-state index contributed by atoms with van der Waals surface area (Å²) in [6, 6.07) is 15.7. The summed E-state index contributed by atoms with van der Waals surface area (Å²) in [5.41, 5.74) is 3.84. The predicted octanol–water partition coefficient (Wildman–Crippen LogP) is 7.99. The monoisotopic (exact) mass is 666 g/mol. The fourth-order valence-electron chi connectivity index (χ4n) is 3.56. The van der Waals surface area contributed by atoms with Gasteiger partial charge < -0.3 is 14.8 Å². The van der Waals surface area contributed by atoms with E-state index in [4.69, 9.17) is 21.1 Å². The van der Waals surface area contributed by atoms with E-state index in [1.807, 2.05) is 25.1 Å². The Morgan fingerprint density at radius 1 is 1.15 bits per heavy atom. The van der Waals surface area contributed by atoms with Crippen LogP contribution in [0.4, 0.5) is 24.0 Å². The number of benzene rings is 3. The molecule has 0 aliphatic carbocycles. The Kier molecular flexibility index (Phi) is 10.2. The lowest BCUT2D eigenvalue weighted by atomic mass is 10.2. The SMILES string of the molecule is CCOc1cc(/C=N\NC(=O)Cc2csc(Nc3cccc(C(F)(F)F)c3)n2)cc(Br)c1OCc1ccccc1Cl. The lowest BCUT2D eigenvalue weighted by Gasteiger charge is -2.15. The van der Waals surface area contributed by atoms with Gasteiger partial charge in [0.1, 0.15) is 6.61 Å². The number of amides is 1. The molecular weight excluding hydrogens is 645 g/mol. The van der Waals surface area contributed by atoms with E-state index in [0.717, 1.165) is 17.7 Å². The van der Waals surface area contributed by atoms with Crippen LogP contribution in [0.5, 0.6) is 11.5 Å². The van der Waals surface area contributed by atoms with E-state index in [1.54, 1.807) is 23.6 Å². The molecule has 3 aromatic carbocycles. The minimum Gasteiger partial charge on any atom is -0.490 e. The smallest absolute Gasteiger partial charge is 0.416 e. The number of aromatic nitrogens is 1. The fraction of sp³-hybridized carbons (Fsp3) is 0.179. The summed E-state index contributed by atoms with van der Waals surface area (Å²) in [6.45, 7) is 2.51. The molecule has 0 spiro atoms. The van der Waals surface area contributed by atoms with E-state index in [9.17, 15) is 18.0 Å². The van der Waals surface area contributed by atoms with Crippen molar-refractivity contribution in [1.29, 1.82) is 0 Å². The third kappa shape index (κ3) is 8.69. The van der Waals surface area contributed by atoms with Gasteiger partial charge >= 0.3 is 6.18 Å². The molecule has 4 aromatic rings. The van der Waals surface area contributed by atoms with Crippen LogP contribution in [0.15, 0.2) is 75.6 Å². The Hall–Kier alpha value is -3.61. The molecule has 0 saturated carbocycles. The molecule has 0 radical (unpaired) electrons. The Bertz CT molecular complexity index is 1550. The highest BCUT2D eigenvalue weighted by atomic mass is 79.9. The summed E-state index contributed by atoms with van der Waals surface area (Å²) >= 11 is 10.9. The van der Waals surface area contributed by atoms with Crippen molar-refractivity contribution in [2.45, 2.75) is 26.1 Å². The van der Waals surface area contributed by atoms with Gasteiger partial charge in [0.25, 0.3) is 0 Å². The zero-order chi connectivity index (χ0) is 29.4. The van der Waals surface area contributed by atoms with Gasteiger partial charge in [0, 0.05) is 21.7 Å². The fourth-order valence-corrected chi connectivity index (χ4v) is 5.05. The first-order chi connectivity index (χ1) is 19.6. The molecule has 0 saturated heterocycles. The molecule has 0 fully saturated rings. The lowest BCUT2D eigenvalue weighted by Crippen LogP contribution is -2.20. The van der Waals surface area contributed by atoms with Gasteiger partial charge in [-0.2, -0.15) is 18.3 Å². The number of thiazole rings is 1. The lowest BCUT2D eigenvalue weighted by molar-refractivity contribution is -0.137. The first-order valence-corrected chi connectivity index (χ1v) is 14.2. The number of anilines is 2. The summed E-state index contributed by atoms with van der Waals surface area (Å²) in [6.07, 6.45) is -3.05. The van der Waals surface area contributed by atoms with Gasteiger partial charge in [-0.05, 0) is 64.8 Å². The minimum atomic E-state index is -4.45.